The van der Waals surface area contributed by atoms with Gasteiger partial charge >= 0.3 is 11.9 Å². The molecule has 1 aliphatic heterocycles. The lowest BCUT2D eigenvalue weighted by Crippen LogP contribution is -2.42. The maximum atomic E-state index is 12.4. The van der Waals surface area contributed by atoms with Crippen LogP contribution in [-0.4, -0.2) is 41.9 Å². The number of carbonyl (C=O) groups excluding carboxylic acids is 3. The number of hydrogen-bond acceptors (Lipinski definition) is 5. The Morgan fingerprint density at radius 3 is 1.97 bits per heavy atom. The van der Waals surface area contributed by atoms with Crippen molar-refractivity contribution in [2.24, 2.45) is 0 Å². The smallest absolute Gasteiger partial charge is 0.338 e. The summed E-state index contributed by atoms with van der Waals surface area (Å²) in [5.74, 6) is -0.537. The topological polar surface area (TPSA) is 72.9 Å². The molecule has 0 aromatic heterocycles. The number of benzene rings is 2. The van der Waals surface area contributed by atoms with Crippen LogP contribution in [0.15, 0.2) is 48.5 Å². The molecule has 1 heterocycles. The second-order valence-corrected chi connectivity index (χ2v) is 7.13. The van der Waals surface area contributed by atoms with Gasteiger partial charge in [0, 0.05) is 20.0 Å². The minimum Gasteiger partial charge on any atom is -0.449 e. The zero-order valence-electron chi connectivity index (χ0n) is 16.7. The molecule has 152 valence electrons. The Kier molecular flexibility index (Phi) is 6.65. The Hall–Kier alpha value is -3.15. The zero-order chi connectivity index (χ0) is 20.8. The monoisotopic (exact) mass is 395 g/mol. The number of nitrogens with zero attached hydrogens (tertiary/aromatic N) is 1. The van der Waals surface area contributed by atoms with Gasteiger partial charge in [-0.1, -0.05) is 24.3 Å². The van der Waals surface area contributed by atoms with Crippen molar-refractivity contribution >= 4 is 17.8 Å². The molecule has 0 radical (unpaired) electrons. The van der Waals surface area contributed by atoms with E-state index in [4.69, 9.17) is 9.47 Å². The fourth-order valence-corrected chi connectivity index (χ4v) is 3.33. The van der Waals surface area contributed by atoms with Crippen molar-refractivity contribution < 1.29 is 23.9 Å². The molecule has 6 nitrogen and oxygen atoms in total. The van der Waals surface area contributed by atoms with Gasteiger partial charge in [0.2, 0.25) is 0 Å². The van der Waals surface area contributed by atoms with Gasteiger partial charge < -0.3 is 14.4 Å². The average Bonchev–Trinajstić information content (AvgIpc) is 2.74. The maximum absolute atomic E-state index is 12.4. The van der Waals surface area contributed by atoms with E-state index in [9.17, 15) is 14.4 Å². The molecule has 0 bridgehead atoms. The minimum absolute atomic E-state index is 0.137. The number of ether oxygens (including phenoxy) is 2. The third-order valence-corrected chi connectivity index (χ3v) is 4.87. The zero-order valence-corrected chi connectivity index (χ0v) is 16.7. The van der Waals surface area contributed by atoms with Crippen LogP contribution in [0.1, 0.15) is 43.5 Å². The van der Waals surface area contributed by atoms with E-state index in [1.165, 1.54) is 6.92 Å². The van der Waals surface area contributed by atoms with E-state index in [-0.39, 0.29) is 11.9 Å². The number of esters is 2. The van der Waals surface area contributed by atoms with Crippen LogP contribution < -0.4 is 4.74 Å². The summed E-state index contributed by atoms with van der Waals surface area (Å²) in [6.45, 7) is 4.43. The first kappa shape index (κ1) is 20.6. The van der Waals surface area contributed by atoms with Crippen LogP contribution in [0, 0.1) is 0 Å². The van der Waals surface area contributed by atoms with Crippen LogP contribution in [0.25, 0.3) is 11.1 Å². The van der Waals surface area contributed by atoms with Crippen molar-refractivity contribution in [2.75, 3.05) is 13.1 Å². The summed E-state index contributed by atoms with van der Waals surface area (Å²) in [5, 5.41) is 0. The van der Waals surface area contributed by atoms with E-state index in [0.29, 0.717) is 11.3 Å². The van der Waals surface area contributed by atoms with Crippen LogP contribution >= 0.6 is 0 Å². The quantitative estimate of drug-likeness (QED) is 0.568. The Morgan fingerprint density at radius 2 is 1.41 bits per heavy atom. The third-order valence-electron chi connectivity index (χ3n) is 4.87. The summed E-state index contributed by atoms with van der Waals surface area (Å²) in [4.78, 5) is 37.6. The number of amides is 1. The van der Waals surface area contributed by atoms with Gasteiger partial charge in [-0.25, -0.2) is 4.79 Å². The SMILES string of the molecule is CC(=O)Oc1ccc(-c2ccc(C(=O)O[C@H](C)C(=O)N3CCCCC3)cc2)cc1. The maximum Gasteiger partial charge on any atom is 0.338 e. The molecular weight excluding hydrogens is 370 g/mol. The highest BCUT2D eigenvalue weighted by molar-refractivity contribution is 5.92. The largest absolute Gasteiger partial charge is 0.449 e. The molecular formula is C23H25NO5. The summed E-state index contributed by atoms with van der Waals surface area (Å²) in [7, 11) is 0. The number of carbonyl (C=O) groups is 3. The lowest BCUT2D eigenvalue weighted by molar-refractivity contribution is -0.140. The standard InChI is InChI=1S/C23H25NO5/c1-16(22(26)24-14-4-3-5-15-24)28-23(27)20-8-6-18(7-9-20)19-10-12-21(13-11-19)29-17(2)25/h6-13,16H,3-5,14-15H2,1-2H3/t16-/m1/s1. The minimum atomic E-state index is -0.797. The molecule has 0 unspecified atom stereocenters. The highest BCUT2D eigenvalue weighted by atomic mass is 16.5. The van der Waals surface area contributed by atoms with Gasteiger partial charge in [-0.05, 0) is 61.6 Å². The second-order valence-electron chi connectivity index (χ2n) is 7.13. The first-order chi connectivity index (χ1) is 13.9. The first-order valence-corrected chi connectivity index (χ1v) is 9.83. The number of hydrogen-bond donors (Lipinski definition) is 0. The molecule has 1 fully saturated rings. The molecule has 0 spiro atoms. The highest BCUT2D eigenvalue weighted by Gasteiger charge is 2.25. The van der Waals surface area contributed by atoms with E-state index < -0.39 is 12.1 Å². The summed E-state index contributed by atoms with van der Waals surface area (Å²) < 4.78 is 10.4. The Balaban J connectivity index is 1.61. The van der Waals surface area contributed by atoms with Crippen LogP contribution in [0.2, 0.25) is 0 Å². The van der Waals surface area contributed by atoms with Gasteiger partial charge in [0.25, 0.3) is 5.91 Å². The van der Waals surface area contributed by atoms with Crippen LogP contribution in [0.3, 0.4) is 0 Å². The Bertz CT molecular complexity index is 867. The molecule has 1 atom stereocenters. The molecule has 0 N–H and O–H groups in total. The molecule has 6 heteroatoms. The summed E-state index contributed by atoms with van der Waals surface area (Å²) in [6.07, 6.45) is 2.33. The van der Waals surface area contributed by atoms with Crippen LogP contribution in [0.4, 0.5) is 0 Å². The molecule has 1 saturated heterocycles. The van der Waals surface area contributed by atoms with E-state index >= 15 is 0 Å². The summed E-state index contributed by atoms with van der Waals surface area (Å²) in [6, 6.07) is 14.1. The molecule has 2 aromatic rings. The fraction of sp³-hybridized carbons (Fsp3) is 0.348. The van der Waals surface area contributed by atoms with Gasteiger partial charge in [0.1, 0.15) is 5.75 Å². The van der Waals surface area contributed by atoms with Crippen molar-refractivity contribution in [2.45, 2.75) is 39.2 Å². The average molecular weight is 395 g/mol. The van der Waals surface area contributed by atoms with Gasteiger partial charge in [0.05, 0.1) is 5.56 Å². The van der Waals surface area contributed by atoms with E-state index in [0.717, 1.165) is 43.5 Å². The molecule has 0 saturated carbocycles. The van der Waals surface area contributed by atoms with Crippen LogP contribution in [0.5, 0.6) is 5.75 Å². The third kappa shape index (κ3) is 5.44. The lowest BCUT2D eigenvalue weighted by atomic mass is 10.0. The van der Waals surface area contributed by atoms with Gasteiger partial charge in [-0.3, -0.25) is 9.59 Å². The van der Waals surface area contributed by atoms with Gasteiger partial charge in [-0.2, -0.15) is 0 Å². The molecule has 2 aromatic carbocycles. The Labute approximate surface area is 170 Å². The molecule has 1 aliphatic rings. The normalized spacial score (nSPS) is 14.8. The summed E-state index contributed by atoms with van der Waals surface area (Å²) >= 11 is 0. The van der Waals surface area contributed by atoms with E-state index in [1.54, 1.807) is 36.1 Å². The molecule has 1 amide bonds. The van der Waals surface area contributed by atoms with Crippen molar-refractivity contribution in [1.29, 1.82) is 0 Å². The van der Waals surface area contributed by atoms with Gasteiger partial charge in [0.15, 0.2) is 6.10 Å². The molecule has 3 rings (SSSR count). The Morgan fingerprint density at radius 1 is 0.862 bits per heavy atom. The van der Waals surface area contributed by atoms with Crippen molar-refractivity contribution in [3.63, 3.8) is 0 Å². The number of piperidine rings is 1. The van der Waals surface area contributed by atoms with E-state index in [2.05, 4.69) is 0 Å². The number of likely N-dealkylation sites (tertiary alicyclic amines) is 1. The van der Waals surface area contributed by atoms with Gasteiger partial charge in [-0.15, -0.1) is 0 Å². The first-order valence-electron chi connectivity index (χ1n) is 9.83. The van der Waals surface area contributed by atoms with Crippen molar-refractivity contribution in [3.05, 3.63) is 54.1 Å². The summed E-state index contributed by atoms with van der Waals surface area (Å²) in [5.41, 5.74) is 2.23. The number of rotatable bonds is 5. The van der Waals surface area contributed by atoms with E-state index in [1.807, 2.05) is 24.3 Å². The second kappa shape index (κ2) is 9.37. The van der Waals surface area contributed by atoms with Crippen molar-refractivity contribution in [1.82, 2.24) is 4.90 Å². The van der Waals surface area contributed by atoms with Crippen molar-refractivity contribution in [3.8, 4) is 16.9 Å². The predicted molar refractivity (Wildman–Crippen MR) is 108 cm³/mol. The highest BCUT2D eigenvalue weighted by Crippen LogP contribution is 2.23. The molecule has 0 aliphatic carbocycles. The van der Waals surface area contributed by atoms with Crippen LogP contribution in [-0.2, 0) is 14.3 Å². The molecule has 29 heavy (non-hydrogen) atoms. The fourth-order valence-electron chi connectivity index (χ4n) is 3.33. The predicted octanol–water partition coefficient (Wildman–Crippen LogP) is 3.84. The lowest BCUT2D eigenvalue weighted by Gasteiger charge is -2.28.